The molecular formula is C9H16O. The average Bonchev–Trinajstić information content (AvgIpc) is 2.48. The highest BCUT2D eigenvalue weighted by Crippen LogP contribution is 2.48. The summed E-state index contributed by atoms with van der Waals surface area (Å²) in [5, 5.41) is 0. The SMILES string of the molecule is COC[C@@H]1C[C@@H]2CCC1C2. The Labute approximate surface area is 62.8 Å². The molecule has 0 aliphatic heterocycles. The predicted octanol–water partition coefficient (Wildman–Crippen LogP) is 2.07. The van der Waals surface area contributed by atoms with Gasteiger partial charge in [0, 0.05) is 13.7 Å². The van der Waals surface area contributed by atoms with Crippen LogP contribution >= 0.6 is 0 Å². The maximum atomic E-state index is 5.18. The van der Waals surface area contributed by atoms with Gasteiger partial charge < -0.3 is 4.74 Å². The molecule has 0 N–H and O–H groups in total. The molecule has 2 fully saturated rings. The average molecular weight is 140 g/mol. The second-order valence-corrected chi connectivity index (χ2v) is 3.89. The Kier molecular flexibility index (Phi) is 1.69. The first-order valence-electron chi connectivity index (χ1n) is 4.39. The van der Waals surface area contributed by atoms with Crippen LogP contribution in [0.15, 0.2) is 0 Å². The molecule has 2 saturated carbocycles. The van der Waals surface area contributed by atoms with Crippen molar-refractivity contribution in [2.45, 2.75) is 25.7 Å². The van der Waals surface area contributed by atoms with E-state index >= 15 is 0 Å². The molecule has 3 atom stereocenters. The molecule has 2 rings (SSSR count). The van der Waals surface area contributed by atoms with Crippen molar-refractivity contribution in [3.05, 3.63) is 0 Å². The lowest BCUT2D eigenvalue weighted by atomic mass is 9.90. The Balaban J connectivity index is 1.90. The van der Waals surface area contributed by atoms with Gasteiger partial charge >= 0.3 is 0 Å². The number of hydrogen-bond acceptors (Lipinski definition) is 1. The molecule has 0 aromatic carbocycles. The van der Waals surface area contributed by atoms with Gasteiger partial charge in [-0.25, -0.2) is 0 Å². The smallest absolute Gasteiger partial charge is 0.0493 e. The van der Waals surface area contributed by atoms with Crippen molar-refractivity contribution < 1.29 is 4.74 Å². The molecule has 0 aromatic heterocycles. The Hall–Kier alpha value is -0.0400. The highest BCUT2D eigenvalue weighted by Gasteiger charge is 2.38. The second-order valence-electron chi connectivity index (χ2n) is 3.89. The van der Waals surface area contributed by atoms with Crippen molar-refractivity contribution in [2.75, 3.05) is 13.7 Å². The highest BCUT2D eigenvalue weighted by atomic mass is 16.5. The van der Waals surface area contributed by atoms with E-state index in [1.54, 1.807) is 0 Å². The van der Waals surface area contributed by atoms with Crippen molar-refractivity contribution in [3.63, 3.8) is 0 Å². The van der Waals surface area contributed by atoms with E-state index in [0.717, 1.165) is 24.4 Å². The van der Waals surface area contributed by atoms with Crippen LogP contribution in [0.3, 0.4) is 0 Å². The fourth-order valence-electron chi connectivity index (χ4n) is 2.79. The standard InChI is InChI=1S/C9H16O/c1-10-6-9-5-7-2-3-8(9)4-7/h7-9H,2-6H2,1H3/t7-,8?,9+/m1/s1. The molecule has 2 bridgehead atoms. The molecule has 1 nitrogen and oxygen atoms in total. The van der Waals surface area contributed by atoms with Crippen molar-refractivity contribution in [1.29, 1.82) is 0 Å². The molecule has 0 amide bonds. The van der Waals surface area contributed by atoms with Crippen molar-refractivity contribution in [2.24, 2.45) is 17.8 Å². The van der Waals surface area contributed by atoms with Gasteiger partial charge in [0.25, 0.3) is 0 Å². The fourth-order valence-corrected chi connectivity index (χ4v) is 2.79. The van der Waals surface area contributed by atoms with E-state index in [1.165, 1.54) is 25.7 Å². The number of methoxy groups -OCH3 is 1. The molecule has 1 heteroatoms. The van der Waals surface area contributed by atoms with Crippen molar-refractivity contribution in [3.8, 4) is 0 Å². The van der Waals surface area contributed by atoms with E-state index in [9.17, 15) is 0 Å². The first-order valence-corrected chi connectivity index (χ1v) is 4.39. The zero-order valence-electron chi connectivity index (χ0n) is 6.68. The Bertz CT molecular complexity index is 122. The van der Waals surface area contributed by atoms with Crippen LogP contribution in [0.5, 0.6) is 0 Å². The minimum absolute atomic E-state index is 0.920. The van der Waals surface area contributed by atoms with E-state index in [0.29, 0.717) is 0 Å². The third kappa shape index (κ3) is 0.968. The number of ether oxygens (including phenoxy) is 1. The first kappa shape index (κ1) is 6.66. The van der Waals surface area contributed by atoms with E-state index < -0.39 is 0 Å². The summed E-state index contributed by atoms with van der Waals surface area (Å²) in [7, 11) is 1.83. The summed E-state index contributed by atoms with van der Waals surface area (Å²) in [5.74, 6) is 3.03. The van der Waals surface area contributed by atoms with E-state index in [1.807, 2.05) is 7.11 Å². The third-order valence-corrected chi connectivity index (χ3v) is 3.27. The van der Waals surface area contributed by atoms with Gasteiger partial charge in [0.15, 0.2) is 0 Å². The van der Waals surface area contributed by atoms with Crippen molar-refractivity contribution >= 4 is 0 Å². The van der Waals surface area contributed by atoms with E-state index in [-0.39, 0.29) is 0 Å². The topological polar surface area (TPSA) is 9.23 Å². The molecule has 10 heavy (non-hydrogen) atoms. The van der Waals surface area contributed by atoms with Crippen LogP contribution < -0.4 is 0 Å². The van der Waals surface area contributed by atoms with Gasteiger partial charge in [-0.15, -0.1) is 0 Å². The largest absolute Gasteiger partial charge is 0.384 e. The molecular weight excluding hydrogens is 124 g/mol. The summed E-state index contributed by atoms with van der Waals surface area (Å²) in [6, 6.07) is 0. The summed E-state index contributed by atoms with van der Waals surface area (Å²) in [4.78, 5) is 0. The lowest BCUT2D eigenvalue weighted by Crippen LogP contribution is -2.15. The third-order valence-electron chi connectivity index (χ3n) is 3.27. The van der Waals surface area contributed by atoms with Gasteiger partial charge in [0.05, 0.1) is 0 Å². The van der Waals surface area contributed by atoms with Crippen LogP contribution in [0.25, 0.3) is 0 Å². The zero-order valence-corrected chi connectivity index (χ0v) is 6.68. The summed E-state index contributed by atoms with van der Waals surface area (Å²) >= 11 is 0. The van der Waals surface area contributed by atoms with Crippen LogP contribution in [0.1, 0.15) is 25.7 Å². The van der Waals surface area contributed by atoms with Crippen molar-refractivity contribution in [1.82, 2.24) is 0 Å². The van der Waals surface area contributed by atoms with Gasteiger partial charge in [-0.2, -0.15) is 0 Å². The summed E-state index contributed by atoms with van der Waals surface area (Å²) in [6.45, 7) is 1.02. The maximum Gasteiger partial charge on any atom is 0.0493 e. The predicted molar refractivity (Wildman–Crippen MR) is 40.8 cm³/mol. The van der Waals surface area contributed by atoms with Crippen LogP contribution in [0.2, 0.25) is 0 Å². The molecule has 0 saturated heterocycles. The molecule has 0 radical (unpaired) electrons. The minimum atomic E-state index is 0.920. The Morgan fingerprint density at radius 1 is 1.30 bits per heavy atom. The molecule has 0 heterocycles. The molecule has 0 aromatic rings. The van der Waals surface area contributed by atoms with Gasteiger partial charge in [-0.3, -0.25) is 0 Å². The number of hydrogen-bond donors (Lipinski definition) is 0. The monoisotopic (exact) mass is 140 g/mol. The normalized spacial score (nSPS) is 44.7. The van der Waals surface area contributed by atoms with Crippen LogP contribution in [0.4, 0.5) is 0 Å². The molecule has 2 aliphatic carbocycles. The van der Waals surface area contributed by atoms with Gasteiger partial charge in [-0.05, 0) is 37.0 Å². The molecule has 2 aliphatic rings. The van der Waals surface area contributed by atoms with Gasteiger partial charge in [0.1, 0.15) is 0 Å². The highest BCUT2D eigenvalue weighted by molar-refractivity contribution is 4.89. The summed E-state index contributed by atoms with van der Waals surface area (Å²) in [5.41, 5.74) is 0. The number of rotatable bonds is 2. The van der Waals surface area contributed by atoms with Crippen LogP contribution in [0, 0.1) is 17.8 Å². The maximum absolute atomic E-state index is 5.18. The zero-order chi connectivity index (χ0) is 6.97. The van der Waals surface area contributed by atoms with Gasteiger partial charge in [0.2, 0.25) is 0 Å². The lowest BCUT2D eigenvalue weighted by molar-refractivity contribution is 0.122. The fraction of sp³-hybridized carbons (Fsp3) is 1.00. The summed E-state index contributed by atoms with van der Waals surface area (Å²) < 4.78 is 5.18. The minimum Gasteiger partial charge on any atom is -0.384 e. The quantitative estimate of drug-likeness (QED) is 0.570. The van der Waals surface area contributed by atoms with Gasteiger partial charge in [-0.1, -0.05) is 6.42 Å². The molecule has 58 valence electrons. The lowest BCUT2D eigenvalue weighted by Gasteiger charge is -2.19. The molecule has 0 spiro atoms. The Morgan fingerprint density at radius 2 is 2.20 bits per heavy atom. The van der Waals surface area contributed by atoms with E-state index in [2.05, 4.69) is 0 Å². The number of fused-ring (bicyclic) bond motifs is 2. The summed E-state index contributed by atoms with van der Waals surface area (Å²) in [6.07, 6.45) is 5.95. The second kappa shape index (κ2) is 2.54. The van der Waals surface area contributed by atoms with Crippen LogP contribution in [-0.2, 0) is 4.74 Å². The van der Waals surface area contributed by atoms with E-state index in [4.69, 9.17) is 4.74 Å². The first-order chi connectivity index (χ1) is 4.90. The Morgan fingerprint density at radius 3 is 2.70 bits per heavy atom. The van der Waals surface area contributed by atoms with Crippen LogP contribution in [-0.4, -0.2) is 13.7 Å². The molecule has 1 unspecified atom stereocenters.